The number of likely N-dealkylation sites (tertiary alicyclic amines) is 2. The van der Waals surface area contributed by atoms with Gasteiger partial charge in [-0.25, -0.2) is 8.42 Å². The quantitative estimate of drug-likeness (QED) is 0.706. The molecule has 4 rings (SSSR count). The smallest absolute Gasteiger partial charge is 0.311 e. The Labute approximate surface area is 167 Å². The molecule has 2 aliphatic heterocycles. The third kappa shape index (κ3) is 6.38. The molecule has 8 heteroatoms. The zero-order chi connectivity index (χ0) is 19.2. The highest BCUT2D eigenvalue weighted by Crippen LogP contribution is 2.30. The summed E-state index contributed by atoms with van der Waals surface area (Å²) < 4.78 is 23.2. The molecule has 0 aromatic heterocycles. The predicted molar refractivity (Wildman–Crippen MR) is 108 cm³/mol. The van der Waals surface area contributed by atoms with Gasteiger partial charge in [-0.15, -0.1) is 0 Å². The van der Waals surface area contributed by atoms with Crippen LogP contribution in [-0.2, 0) is 21.6 Å². The molecule has 0 aromatic carbocycles. The molecule has 2 amide bonds. The van der Waals surface area contributed by atoms with Crippen LogP contribution in [0.1, 0.15) is 57.8 Å². The maximum atomic E-state index is 11.7. The second-order valence-electron chi connectivity index (χ2n) is 8.18. The van der Waals surface area contributed by atoms with E-state index >= 15 is 0 Å². The number of hydrogen-bond donors (Lipinski definition) is 0. The van der Waals surface area contributed by atoms with Crippen molar-refractivity contribution in [2.75, 3.05) is 37.7 Å². The molecular formula is C19H32N2O4S2. The Hall–Kier alpha value is -0.760. The van der Waals surface area contributed by atoms with E-state index in [0.717, 1.165) is 51.9 Å². The molecule has 4 fully saturated rings. The summed E-state index contributed by atoms with van der Waals surface area (Å²) in [7, 11) is -2.48. The fraction of sp³-hybridized carbons (Fsp3) is 0.895. The van der Waals surface area contributed by atoms with Crippen molar-refractivity contribution < 1.29 is 18.0 Å². The van der Waals surface area contributed by atoms with Crippen molar-refractivity contribution in [2.45, 2.75) is 57.8 Å². The number of nitrogens with zero attached hydrogens (tertiary/aromatic N) is 2. The van der Waals surface area contributed by atoms with E-state index in [1.807, 2.05) is 0 Å². The van der Waals surface area contributed by atoms with Gasteiger partial charge in [0.15, 0.2) is 0 Å². The van der Waals surface area contributed by atoms with Crippen LogP contribution in [0.2, 0.25) is 0 Å². The highest BCUT2D eigenvalue weighted by Gasteiger charge is 2.30. The summed E-state index contributed by atoms with van der Waals surface area (Å²) in [6.45, 7) is 3.26. The van der Waals surface area contributed by atoms with Crippen molar-refractivity contribution >= 4 is 32.1 Å². The lowest BCUT2D eigenvalue weighted by Gasteiger charge is -2.25. The van der Waals surface area contributed by atoms with Gasteiger partial charge >= 0.3 is 10.5 Å². The van der Waals surface area contributed by atoms with Gasteiger partial charge in [-0.1, -0.05) is 6.42 Å². The normalized spacial score (nSPS) is 24.7. The molecule has 0 aromatic rings. The van der Waals surface area contributed by atoms with Crippen molar-refractivity contribution in [2.24, 2.45) is 11.8 Å². The van der Waals surface area contributed by atoms with Gasteiger partial charge in [0, 0.05) is 37.7 Å². The van der Waals surface area contributed by atoms with Crippen LogP contribution in [0, 0.1) is 11.8 Å². The molecule has 0 bridgehead atoms. The first-order chi connectivity index (χ1) is 13.0. The van der Waals surface area contributed by atoms with Crippen molar-refractivity contribution in [3.63, 3.8) is 0 Å². The number of amides is 2. The molecule has 0 radical (unpaired) electrons. The van der Waals surface area contributed by atoms with Crippen LogP contribution in [0.3, 0.4) is 0 Å². The van der Waals surface area contributed by atoms with Crippen LogP contribution in [-0.4, -0.2) is 66.4 Å². The van der Waals surface area contributed by atoms with E-state index < -0.39 is 21.6 Å². The highest BCUT2D eigenvalue weighted by atomic mass is 32.2. The Morgan fingerprint density at radius 3 is 1.30 bits per heavy atom. The van der Waals surface area contributed by atoms with Gasteiger partial charge in [0.2, 0.25) is 0 Å². The summed E-state index contributed by atoms with van der Waals surface area (Å²) in [6.07, 6.45) is 10.2. The fourth-order valence-corrected chi connectivity index (χ4v) is 6.35. The molecular weight excluding hydrogens is 384 g/mol. The standard InChI is InChI=1S/C10H17NO2S.C9H15NO2S/c12-10(11-6-1-2-7-11)14(13)8-9-4-3-5-9;11-9(10-5-1-2-6-10)13(12)7-8-3-4-8/h9H,1-8H2;8H,1-7H2. The predicted octanol–water partition coefficient (Wildman–Crippen LogP) is 3.11. The monoisotopic (exact) mass is 416 g/mol. The molecule has 2 heterocycles. The van der Waals surface area contributed by atoms with Crippen LogP contribution in [0.4, 0.5) is 9.59 Å². The SMILES string of the molecule is O=C(N1CCCC1)S(=O)CC1CC1.O=C(N1CCCC1)S(=O)CC1CCC1. The summed E-state index contributed by atoms with van der Waals surface area (Å²) in [4.78, 5) is 26.7. The highest BCUT2D eigenvalue weighted by molar-refractivity contribution is 8.00. The Balaban J connectivity index is 0.000000156. The van der Waals surface area contributed by atoms with Crippen LogP contribution in [0.15, 0.2) is 0 Å². The van der Waals surface area contributed by atoms with Crippen LogP contribution >= 0.6 is 0 Å². The van der Waals surface area contributed by atoms with Crippen molar-refractivity contribution in [1.82, 2.24) is 9.80 Å². The summed E-state index contributed by atoms with van der Waals surface area (Å²) >= 11 is 0. The van der Waals surface area contributed by atoms with Gasteiger partial charge in [0.1, 0.15) is 21.6 Å². The van der Waals surface area contributed by atoms with Crippen molar-refractivity contribution in [1.29, 1.82) is 0 Å². The van der Waals surface area contributed by atoms with E-state index in [9.17, 15) is 18.0 Å². The van der Waals surface area contributed by atoms with E-state index in [0.29, 0.717) is 23.3 Å². The zero-order valence-corrected chi connectivity index (χ0v) is 17.7. The lowest BCUT2D eigenvalue weighted by atomic mass is 9.87. The van der Waals surface area contributed by atoms with Crippen LogP contribution in [0.5, 0.6) is 0 Å². The maximum absolute atomic E-state index is 11.7. The van der Waals surface area contributed by atoms with Gasteiger partial charge in [0.05, 0.1) is 0 Å². The number of carbonyl (C=O) groups excluding carboxylic acids is 2. The van der Waals surface area contributed by atoms with Crippen molar-refractivity contribution in [3.8, 4) is 0 Å². The molecule has 2 saturated heterocycles. The number of rotatable bonds is 4. The average molecular weight is 417 g/mol. The third-order valence-electron chi connectivity index (χ3n) is 5.81. The lowest BCUT2D eigenvalue weighted by Crippen LogP contribution is -2.33. The summed E-state index contributed by atoms with van der Waals surface area (Å²) in [5.41, 5.74) is 0. The van der Waals surface area contributed by atoms with Crippen molar-refractivity contribution in [3.05, 3.63) is 0 Å². The minimum absolute atomic E-state index is 0.116. The molecule has 6 nitrogen and oxygen atoms in total. The largest absolute Gasteiger partial charge is 0.332 e. The first kappa shape index (κ1) is 21.0. The number of carbonyl (C=O) groups is 2. The third-order valence-corrected chi connectivity index (χ3v) is 8.66. The second kappa shape index (κ2) is 10.1. The number of hydrogen-bond acceptors (Lipinski definition) is 4. The Kier molecular flexibility index (Phi) is 7.87. The van der Waals surface area contributed by atoms with Gasteiger partial charge in [0.25, 0.3) is 0 Å². The molecule has 0 spiro atoms. The van der Waals surface area contributed by atoms with Crippen LogP contribution < -0.4 is 0 Å². The maximum Gasteiger partial charge on any atom is 0.311 e. The molecule has 154 valence electrons. The zero-order valence-electron chi connectivity index (χ0n) is 16.1. The Morgan fingerprint density at radius 1 is 0.630 bits per heavy atom. The van der Waals surface area contributed by atoms with Gasteiger partial charge in [-0.3, -0.25) is 9.59 Å². The second-order valence-corrected chi connectivity index (χ2v) is 10.9. The lowest BCUT2D eigenvalue weighted by molar-refractivity contribution is 0.231. The van der Waals surface area contributed by atoms with E-state index in [2.05, 4.69) is 0 Å². The van der Waals surface area contributed by atoms with Gasteiger partial charge < -0.3 is 9.80 Å². The topological polar surface area (TPSA) is 74.8 Å². The summed E-state index contributed by atoms with van der Waals surface area (Å²) in [5.74, 6) is 2.35. The average Bonchev–Trinajstić information content (AvgIpc) is 3.09. The Morgan fingerprint density at radius 2 is 1.00 bits per heavy atom. The van der Waals surface area contributed by atoms with Crippen LogP contribution in [0.25, 0.3) is 0 Å². The summed E-state index contributed by atoms with van der Waals surface area (Å²) in [5, 5.41) is -0.237. The van der Waals surface area contributed by atoms with E-state index in [1.165, 1.54) is 32.1 Å². The van der Waals surface area contributed by atoms with E-state index in [1.54, 1.807) is 9.80 Å². The van der Waals surface area contributed by atoms with E-state index in [-0.39, 0.29) is 10.5 Å². The van der Waals surface area contributed by atoms with Gasteiger partial charge in [-0.2, -0.15) is 0 Å². The van der Waals surface area contributed by atoms with Gasteiger partial charge in [-0.05, 0) is 63.2 Å². The molecule has 2 unspecified atom stereocenters. The molecule has 4 aliphatic rings. The molecule has 2 aliphatic carbocycles. The first-order valence-corrected chi connectivity index (χ1v) is 13.0. The molecule has 2 saturated carbocycles. The molecule has 2 atom stereocenters. The van der Waals surface area contributed by atoms with E-state index in [4.69, 9.17) is 0 Å². The fourth-order valence-electron chi connectivity index (χ4n) is 3.60. The molecule has 27 heavy (non-hydrogen) atoms. The minimum Gasteiger partial charge on any atom is -0.332 e. The first-order valence-electron chi connectivity index (χ1n) is 10.4. The minimum atomic E-state index is -1.25. The summed E-state index contributed by atoms with van der Waals surface area (Å²) in [6, 6.07) is 0. The Bertz CT molecular complexity index is 578. The molecule has 0 N–H and O–H groups in total.